The fourth-order valence-electron chi connectivity index (χ4n) is 2.07. The molecule has 1 rings (SSSR count). The lowest BCUT2D eigenvalue weighted by molar-refractivity contribution is -0.0422. The summed E-state index contributed by atoms with van der Waals surface area (Å²) in [5, 5.41) is 12.6. The molecule has 3 nitrogen and oxygen atoms in total. The molecule has 3 heteroatoms. The maximum absolute atomic E-state index is 9.12. The van der Waals surface area contributed by atoms with Crippen molar-refractivity contribution in [2.24, 2.45) is 0 Å². The zero-order valence-corrected chi connectivity index (χ0v) is 9.49. The van der Waals surface area contributed by atoms with Crippen LogP contribution in [-0.2, 0) is 4.74 Å². The Kier molecular flexibility index (Phi) is 4.85. The lowest BCUT2D eigenvalue weighted by Crippen LogP contribution is -2.42. The highest BCUT2D eigenvalue weighted by Crippen LogP contribution is 2.18. The molecule has 0 aromatic rings. The normalized spacial score (nSPS) is 35.6. The molecule has 0 aliphatic carbocycles. The Morgan fingerprint density at radius 3 is 2.43 bits per heavy atom. The van der Waals surface area contributed by atoms with E-state index < -0.39 is 0 Å². The minimum absolute atomic E-state index is 0.197. The van der Waals surface area contributed by atoms with E-state index in [2.05, 4.69) is 19.2 Å². The van der Waals surface area contributed by atoms with Gasteiger partial charge in [0.05, 0.1) is 18.3 Å². The summed E-state index contributed by atoms with van der Waals surface area (Å²) < 4.78 is 5.65. The number of hydrogen-bond acceptors (Lipinski definition) is 3. The molecule has 84 valence electrons. The molecule has 0 aromatic heterocycles. The van der Waals surface area contributed by atoms with Crippen LogP contribution in [0.3, 0.4) is 0 Å². The van der Waals surface area contributed by atoms with Gasteiger partial charge in [0, 0.05) is 6.04 Å². The maximum Gasteiger partial charge on any atom is 0.0565 e. The summed E-state index contributed by atoms with van der Waals surface area (Å²) in [6, 6.07) is 0.562. The van der Waals surface area contributed by atoms with Crippen molar-refractivity contribution in [1.29, 1.82) is 0 Å². The van der Waals surface area contributed by atoms with Gasteiger partial charge in [-0.3, -0.25) is 0 Å². The van der Waals surface area contributed by atoms with Crippen molar-refractivity contribution in [3.05, 3.63) is 0 Å². The summed E-state index contributed by atoms with van der Waals surface area (Å²) in [6.45, 7) is 6.98. The minimum Gasteiger partial charge on any atom is -0.393 e. The molecule has 1 heterocycles. The molecule has 0 radical (unpaired) electrons. The maximum atomic E-state index is 9.12. The quantitative estimate of drug-likeness (QED) is 0.720. The smallest absolute Gasteiger partial charge is 0.0565 e. The van der Waals surface area contributed by atoms with Crippen LogP contribution in [-0.4, -0.2) is 36.0 Å². The van der Waals surface area contributed by atoms with Crippen LogP contribution in [0.15, 0.2) is 0 Å². The standard InChI is InChI=1S/C11H23NO2/c1-8(13)4-5-12-11-6-9(2)14-10(3)7-11/h8-13H,4-7H2,1-3H3/t8-,9-,10+,11?/m0/s1. The molecule has 0 spiro atoms. The van der Waals surface area contributed by atoms with E-state index in [4.69, 9.17) is 9.84 Å². The van der Waals surface area contributed by atoms with Gasteiger partial charge in [-0.25, -0.2) is 0 Å². The molecule has 4 atom stereocenters. The van der Waals surface area contributed by atoms with E-state index in [0.717, 1.165) is 25.8 Å². The van der Waals surface area contributed by atoms with Crippen LogP contribution in [0, 0.1) is 0 Å². The lowest BCUT2D eigenvalue weighted by Gasteiger charge is -2.32. The lowest BCUT2D eigenvalue weighted by atomic mass is 10.00. The van der Waals surface area contributed by atoms with Crippen LogP contribution in [0.5, 0.6) is 0 Å². The van der Waals surface area contributed by atoms with Crippen LogP contribution in [0.1, 0.15) is 40.0 Å². The van der Waals surface area contributed by atoms with Crippen molar-refractivity contribution < 1.29 is 9.84 Å². The third-order valence-corrected chi connectivity index (χ3v) is 2.69. The average Bonchev–Trinajstić information content (AvgIpc) is 2.01. The second-order valence-electron chi connectivity index (χ2n) is 4.52. The summed E-state index contributed by atoms with van der Waals surface area (Å²) >= 11 is 0. The number of rotatable bonds is 4. The number of aliphatic hydroxyl groups is 1. The molecule has 14 heavy (non-hydrogen) atoms. The Morgan fingerprint density at radius 1 is 1.36 bits per heavy atom. The summed E-state index contributed by atoms with van der Waals surface area (Å²) in [5.41, 5.74) is 0. The molecular formula is C11H23NO2. The molecular weight excluding hydrogens is 178 g/mol. The predicted octanol–water partition coefficient (Wildman–Crippen LogP) is 1.30. The highest BCUT2D eigenvalue weighted by atomic mass is 16.5. The molecule has 1 aliphatic rings. The zero-order chi connectivity index (χ0) is 10.6. The van der Waals surface area contributed by atoms with Crippen LogP contribution in [0.4, 0.5) is 0 Å². The first-order chi connectivity index (χ1) is 6.58. The molecule has 1 fully saturated rings. The fourth-order valence-corrected chi connectivity index (χ4v) is 2.07. The molecule has 1 aliphatic heterocycles. The molecule has 1 saturated heterocycles. The van der Waals surface area contributed by atoms with E-state index in [0.29, 0.717) is 18.2 Å². The largest absolute Gasteiger partial charge is 0.393 e. The van der Waals surface area contributed by atoms with Crippen LogP contribution in [0.25, 0.3) is 0 Å². The summed E-state index contributed by atoms with van der Waals surface area (Å²) in [4.78, 5) is 0. The number of ether oxygens (including phenoxy) is 1. The van der Waals surface area contributed by atoms with Crippen molar-refractivity contribution >= 4 is 0 Å². The van der Waals surface area contributed by atoms with E-state index in [1.165, 1.54) is 0 Å². The topological polar surface area (TPSA) is 41.5 Å². The minimum atomic E-state index is -0.197. The van der Waals surface area contributed by atoms with Gasteiger partial charge in [-0.2, -0.15) is 0 Å². The number of nitrogens with one attached hydrogen (secondary N) is 1. The van der Waals surface area contributed by atoms with Crippen molar-refractivity contribution in [3.8, 4) is 0 Å². The van der Waals surface area contributed by atoms with E-state index >= 15 is 0 Å². The van der Waals surface area contributed by atoms with E-state index in [-0.39, 0.29) is 6.10 Å². The third-order valence-electron chi connectivity index (χ3n) is 2.69. The Hall–Kier alpha value is -0.120. The fraction of sp³-hybridized carbons (Fsp3) is 1.00. The van der Waals surface area contributed by atoms with Crippen LogP contribution in [0.2, 0.25) is 0 Å². The van der Waals surface area contributed by atoms with Crippen molar-refractivity contribution in [1.82, 2.24) is 5.32 Å². The van der Waals surface area contributed by atoms with Gasteiger partial charge in [-0.15, -0.1) is 0 Å². The molecule has 0 aromatic carbocycles. The van der Waals surface area contributed by atoms with E-state index in [9.17, 15) is 0 Å². The first-order valence-electron chi connectivity index (χ1n) is 5.65. The van der Waals surface area contributed by atoms with Gasteiger partial charge in [0.2, 0.25) is 0 Å². The Morgan fingerprint density at radius 2 is 1.93 bits per heavy atom. The Balaban J connectivity index is 2.17. The highest BCUT2D eigenvalue weighted by molar-refractivity contribution is 4.78. The van der Waals surface area contributed by atoms with Crippen LogP contribution < -0.4 is 5.32 Å². The number of aliphatic hydroxyl groups excluding tert-OH is 1. The van der Waals surface area contributed by atoms with Gasteiger partial charge in [0.1, 0.15) is 0 Å². The summed E-state index contributed by atoms with van der Waals surface area (Å²) in [5.74, 6) is 0. The predicted molar refractivity (Wildman–Crippen MR) is 57.3 cm³/mol. The van der Waals surface area contributed by atoms with Crippen molar-refractivity contribution in [2.45, 2.75) is 64.4 Å². The van der Waals surface area contributed by atoms with Crippen molar-refractivity contribution in [3.63, 3.8) is 0 Å². The van der Waals surface area contributed by atoms with Gasteiger partial charge in [-0.1, -0.05) is 0 Å². The van der Waals surface area contributed by atoms with Gasteiger partial charge >= 0.3 is 0 Å². The van der Waals surface area contributed by atoms with Gasteiger partial charge < -0.3 is 15.2 Å². The summed E-state index contributed by atoms with van der Waals surface area (Å²) in [6.07, 6.45) is 3.54. The van der Waals surface area contributed by atoms with Crippen LogP contribution >= 0.6 is 0 Å². The second kappa shape index (κ2) is 5.69. The zero-order valence-electron chi connectivity index (χ0n) is 9.49. The Labute approximate surface area is 86.8 Å². The monoisotopic (exact) mass is 201 g/mol. The molecule has 0 amide bonds. The van der Waals surface area contributed by atoms with Crippen molar-refractivity contribution in [2.75, 3.05) is 6.54 Å². The van der Waals surface area contributed by atoms with E-state index in [1.54, 1.807) is 0 Å². The SMILES string of the molecule is C[C@H](O)CCNC1C[C@@H](C)O[C@@H](C)C1. The summed E-state index contributed by atoms with van der Waals surface area (Å²) in [7, 11) is 0. The van der Waals surface area contributed by atoms with Gasteiger partial charge in [0.25, 0.3) is 0 Å². The van der Waals surface area contributed by atoms with Gasteiger partial charge in [-0.05, 0) is 46.6 Å². The third kappa shape index (κ3) is 4.40. The average molecular weight is 201 g/mol. The van der Waals surface area contributed by atoms with Gasteiger partial charge in [0.15, 0.2) is 0 Å². The molecule has 0 saturated carbocycles. The molecule has 1 unspecified atom stereocenters. The second-order valence-corrected chi connectivity index (χ2v) is 4.52. The first-order valence-corrected chi connectivity index (χ1v) is 5.65. The Bertz CT molecular complexity index is 151. The highest BCUT2D eigenvalue weighted by Gasteiger charge is 2.23. The first kappa shape index (κ1) is 12.0. The molecule has 0 bridgehead atoms. The number of hydrogen-bond donors (Lipinski definition) is 2. The molecule has 2 N–H and O–H groups in total. The van der Waals surface area contributed by atoms with E-state index in [1.807, 2.05) is 6.92 Å².